The average molecular weight is 515 g/mol. The zero-order valence-corrected chi connectivity index (χ0v) is 20.5. The number of pyridine rings is 1. The van der Waals surface area contributed by atoms with E-state index in [2.05, 4.69) is 15.0 Å². The second-order valence-electron chi connectivity index (χ2n) is 9.08. The Morgan fingerprint density at radius 1 is 1.20 bits per heavy atom. The summed E-state index contributed by atoms with van der Waals surface area (Å²) in [6, 6.07) is 7.92. The van der Waals surface area contributed by atoms with Crippen LogP contribution < -0.4 is 11.5 Å². The number of nitrogens with two attached hydrogens (primary N) is 2. The molecule has 3 heterocycles. The second-order valence-corrected chi connectivity index (χ2v) is 11.3. The van der Waals surface area contributed by atoms with Gasteiger partial charge in [-0.15, -0.1) is 0 Å². The lowest BCUT2D eigenvalue weighted by Gasteiger charge is -2.36. The van der Waals surface area contributed by atoms with Gasteiger partial charge in [0.2, 0.25) is 0 Å². The third kappa shape index (κ3) is 4.20. The summed E-state index contributed by atoms with van der Waals surface area (Å²) in [5, 5.41) is 0.720. The summed E-state index contributed by atoms with van der Waals surface area (Å²) >= 11 is 6.20. The predicted molar refractivity (Wildman–Crippen MR) is 132 cm³/mol. The van der Waals surface area contributed by atoms with E-state index in [0.29, 0.717) is 28.8 Å². The molecule has 0 aliphatic heterocycles. The standard InChI is InChI=1S/C24H24ClFN6O2S/c1-14-4-6-17(7-5-14)35(33,34)32-13-19(18-9-15(25)11-30-23(18)32)22-29-12-20(26)21(31-22)24(28)8-2-3-16(27)10-24/h4-7,9,11-13,16H,2-3,8,10,27-28H2,1H3. The van der Waals surface area contributed by atoms with Crippen molar-refractivity contribution in [2.24, 2.45) is 11.5 Å². The minimum atomic E-state index is -4.00. The van der Waals surface area contributed by atoms with Crippen LogP contribution in [0.25, 0.3) is 22.4 Å². The van der Waals surface area contributed by atoms with Gasteiger partial charge in [-0.05, 0) is 50.8 Å². The molecule has 5 rings (SSSR count). The van der Waals surface area contributed by atoms with Gasteiger partial charge in [0.15, 0.2) is 17.3 Å². The quantitative estimate of drug-likeness (QED) is 0.422. The van der Waals surface area contributed by atoms with Gasteiger partial charge in [-0.25, -0.2) is 31.7 Å². The second kappa shape index (κ2) is 8.63. The lowest BCUT2D eigenvalue weighted by molar-refractivity contribution is 0.258. The molecule has 4 aromatic rings. The van der Waals surface area contributed by atoms with E-state index in [-0.39, 0.29) is 28.1 Å². The van der Waals surface area contributed by atoms with Gasteiger partial charge in [0.05, 0.1) is 21.7 Å². The Morgan fingerprint density at radius 2 is 1.94 bits per heavy atom. The maximum atomic E-state index is 14.9. The fraction of sp³-hybridized carbons (Fsp3) is 0.292. The molecule has 1 aliphatic carbocycles. The third-order valence-electron chi connectivity index (χ3n) is 6.44. The van der Waals surface area contributed by atoms with Crippen LogP contribution in [0, 0.1) is 12.7 Å². The topological polar surface area (TPSA) is 130 Å². The summed E-state index contributed by atoms with van der Waals surface area (Å²) in [5.74, 6) is -0.505. The van der Waals surface area contributed by atoms with Crippen LogP contribution in [-0.2, 0) is 15.6 Å². The Balaban J connectivity index is 1.70. The van der Waals surface area contributed by atoms with Gasteiger partial charge in [-0.1, -0.05) is 29.3 Å². The smallest absolute Gasteiger partial charge is 0.269 e. The minimum Gasteiger partial charge on any atom is -0.328 e. The number of hydrogen-bond acceptors (Lipinski definition) is 7. The van der Waals surface area contributed by atoms with E-state index < -0.39 is 21.4 Å². The Hall–Kier alpha value is -2.92. The summed E-state index contributed by atoms with van der Waals surface area (Å²) in [4.78, 5) is 13.0. The molecule has 1 aliphatic rings. The van der Waals surface area contributed by atoms with Crippen LogP contribution >= 0.6 is 11.6 Å². The molecule has 1 saturated carbocycles. The van der Waals surface area contributed by atoms with Gasteiger partial charge in [-0.3, -0.25) is 0 Å². The highest BCUT2D eigenvalue weighted by Crippen LogP contribution is 2.37. The largest absolute Gasteiger partial charge is 0.328 e. The summed E-state index contributed by atoms with van der Waals surface area (Å²) in [7, 11) is -4.00. The molecule has 2 atom stereocenters. The molecule has 0 amide bonds. The number of benzene rings is 1. The highest BCUT2D eigenvalue weighted by molar-refractivity contribution is 7.90. The highest BCUT2D eigenvalue weighted by atomic mass is 35.5. The van der Waals surface area contributed by atoms with Crippen LogP contribution in [0.4, 0.5) is 4.39 Å². The molecule has 1 fully saturated rings. The van der Waals surface area contributed by atoms with Crippen LogP contribution in [0.15, 0.2) is 53.8 Å². The maximum absolute atomic E-state index is 14.9. The van der Waals surface area contributed by atoms with Crippen molar-refractivity contribution in [3.63, 3.8) is 0 Å². The predicted octanol–water partition coefficient (Wildman–Crippen LogP) is 3.89. The molecule has 4 N–H and O–H groups in total. The molecule has 35 heavy (non-hydrogen) atoms. The van der Waals surface area contributed by atoms with Crippen LogP contribution in [0.2, 0.25) is 5.02 Å². The van der Waals surface area contributed by atoms with Crippen molar-refractivity contribution in [2.75, 3.05) is 0 Å². The summed E-state index contributed by atoms with van der Waals surface area (Å²) in [6.07, 6.45) is 6.29. The summed E-state index contributed by atoms with van der Waals surface area (Å²) in [5.41, 5.74) is 13.1. The van der Waals surface area contributed by atoms with E-state index >= 15 is 0 Å². The third-order valence-corrected chi connectivity index (χ3v) is 8.31. The van der Waals surface area contributed by atoms with E-state index in [1.54, 1.807) is 18.2 Å². The molecule has 2 unspecified atom stereocenters. The first-order chi connectivity index (χ1) is 16.6. The number of aryl methyl sites for hydroxylation is 1. The summed E-state index contributed by atoms with van der Waals surface area (Å²) in [6.45, 7) is 1.87. The van der Waals surface area contributed by atoms with E-state index in [1.165, 1.54) is 24.5 Å². The zero-order chi connectivity index (χ0) is 25.0. The fourth-order valence-electron chi connectivity index (χ4n) is 4.65. The van der Waals surface area contributed by atoms with E-state index in [9.17, 15) is 12.8 Å². The minimum absolute atomic E-state index is 0.0647. The molecule has 0 bridgehead atoms. The first-order valence-corrected chi connectivity index (χ1v) is 13.0. The van der Waals surface area contributed by atoms with Crippen LogP contribution in [-0.4, -0.2) is 33.4 Å². The van der Waals surface area contributed by atoms with Gasteiger partial charge in [-0.2, -0.15) is 0 Å². The molecule has 182 valence electrons. The fourth-order valence-corrected chi connectivity index (χ4v) is 6.13. The van der Waals surface area contributed by atoms with Crippen molar-refractivity contribution in [1.82, 2.24) is 18.9 Å². The zero-order valence-electron chi connectivity index (χ0n) is 18.9. The first kappa shape index (κ1) is 23.8. The average Bonchev–Trinajstić information content (AvgIpc) is 3.19. The normalized spacial score (nSPS) is 20.9. The molecule has 3 aromatic heterocycles. The lowest BCUT2D eigenvalue weighted by atomic mass is 9.77. The lowest BCUT2D eigenvalue weighted by Crippen LogP contribution is -2.47. The molecule has 0 radical (unpaired) electrons. The summed E-state index contributed by atoms with van der Waals surface area (Å²) < 4.78 is 43.0. The highest BCUT2D eigenvalue weighted by Gasteiger charge is 2.37. The number of rotatable bonds is 4. The molecular formula is C24H24ClFN6O2S. The van der Waals surface area contributed by atoms with Gasteiger partial charge in [0.25, 0.3) is 10.0 Å². The van der Waals surface area contributed by atoms with Gasteiger partial charge in [0.1, 0.15) is 5.69 Å². The Labute approximate surface area is 207 Å². The first-order valence-electron chi connectivity index (χ1n) is 11.2. The van der Waals surface area contributed by atoms with Crippen LogP contribution in [0.1, 0.15) is 36.9 Å². The van der Waals surface area contributed by atoms with Crippen molar-refractivity contribution in [1.29, 1.82) is 0 Å². The number of aromatic nitrogens is 4. The van der Waals surface area contributed by atoms with Crippen LogP contribution in [0.3, 0.4) is 0 Å². The van der Waals surface area contributed by atoms with Gasteiger partial charge < -0.3 is 11.5 Å². The van der Waals surface area contributed by atoms with Crippen LogP contribution in [0.5, 0.6) is 0 Å². The molecule has 11 heteroatoms. The van der Waals surface area contributed by atoms with Gasteiger partial charge >= 0.3 is 0 Å². The molecule has 0 saturated heterocycles. The van der Waals surface area contributed by atoms with Gasteiger partial charge in [0, 0.05) is 29.4 Å². The van der Waals surface area contributed by atoms with Crippen molar-refractivity contribution in [3.8, 4) is 11.4 Å². The Bertz CT molecular complexity index is 1540. The molecule has 8 nitrogen and oxygen atoms in total. The van der Waals surface area contributed by atoms with E-state index in [1.807, 2.05) is 6.92 Å². The number of hydrogen-bond donors (Lipinski definition) is 2. The molecule has 1 aromatic carbocycles. The van der Waals surface area contributed by atoms with Crippen molar-refractivity contribution < 1.29 is 12.8 Å². The number of halogens is 2. The molecule has 0 spiro atoms. The number of fused-ring (bicyclic) bond motifs is 1. The SMILES string of the molecule is Cc1ccc(S(=O)(=O)n2cc(-c3ncc(F)c(C4(N)CCCC(N)C4)n3)c3cc(Cl)cnc32)cc1. The van der Waals surface area contributed by atoms with Crippen molar-refractivity contribution in [2.45, 2.75) is 49.1 Å². The van der Waals surface area contributed by atoms with Crippen molar-refractivity contribution >= 4 is 32.7 Å². The monoisotopic (exact) mass is 514 g/mol. The van der Waals surface area contributed by atoms with Crippen molar-refractivity contribution in [3.05, 3.63) is 71.0 Å². The Kier molecular flexibility index (Phi) is 5.87. The number of nitrogens with zero attached hydrogens (tertiary/aromatic N) is 4. The Morgan fingerprint density at radius 3 is 2.66 bits per heavy atom. The van der Waals surface area contributed by atoms with E-state index in [4.69, 9.17) is 23.1 Å². The maximum Gasteiger partial charge on any atom is 0.269 e. The molecular weight excluding hydrogens is 491 g/mol. The van der Waals surface area contributed by atoms with E-state index in [0.717, 1.165) is 28.6 Å².